The molecule has 2 rings (SSSR count). The Labute approximate surface area is 106 Å². The second kappa shape index (κ2) is 4.67. The maximum absolute atomic E-state index is 10.5. The summed E-state index contributed by atoms with van der Waals surface area (Å²) in [6.45, 7) is 1.97. The van der Waals surface area contributed by atoms with Crippen LogP contribution in [-0.2, 0) is 11.2 Å². The topological polar surface area (TPSA) is 76.2 Å². The van der Waals surface area contributed by atoms with Crippen molar-refractivity contribution >= 4 is 21.9 Å². The molecule has 0 saturated carbocycles. The number of carbonyl (C=O) groups is 1. The molecule has 0 saturated heterocycles. The molecule has 0 aliphatic heterocycles. The monoisotopic (exact) mass is 296 g/mol. The molecule has 0 fully saturated rings. The van der Waals surface area contributed by atoms with Crippen LogP contribution < -0.4 is 0 Å². The zero-order valence-corrected chi connectivity index (χ0v) is 10.6. The van der Waals surface area contributed by atoms with Gasteiger partial charge in [0, 0.05) is 10.0 Å². The third-order valence-electron chi connectivity index (χ3n) is 2.20. The predicted molar refractivity (Wildman–Crippen MR) is 63.5 cm³/mol. The summed E-state index contributed by atoms with van der Waals surface area (Å²) in [6, 6.07) is 5.65. The number of nitrogens with zero attached hydrogens (tertiary/aromatic N) is 2. The molecule has 0 spiro atoms. The maximum atomic E-state index is 10.5. The van der Waals surface area contributed by atoms with Crippen LogP contribution in [0.2, 0.25) is 0 Å². The molecule has 1 heterocycles. The van der Waals surface area contributed by atoms with Crippen LogP contribution in [0.5, 0.6) is 0 Å². The van der Waals surface area contributed by atoms with Crippen molar-refractivity contribution in [2.24, 2.45) is 0 Å². The number of hydrogen-bond acceptors (Lipinski definition) is 4. The molecule has 5 nitrogen and oxygen atoms in total. The molecule has 0 bridgehead atoms. The quantitative estimate of drug-likeness (QED) is 0.941. The first kappa shape index (κ1) is 11.8. The summed E-state index contributed by atoms with van der Waals surface area (Å²) >= 11 is 3.41. The first-order valence-corrected chi connectivity index (χ1v) is 5.66. The highest BCUT2D eigenvalue weighted by Crippen LogP contribution is 2.23. The highest BCUT2D eigenvalue weighted by Gasteiger charge is 2.12. The number of carboxylic acid groups (broad SMARTS) is 1. The van der Waals surface area contributed by atoms with E-state index in [1.807, 2.05) is 25.1 Å². The number of aryl methyl sites for hydroxylation is 1. The predicted octanol–water partition coefficient (Wildman–Crippen LogP) is 2.43. The molecule has 1 aromatic heterocycles. The first-order valence-electron chi connectivity index (χ1n) is 4.87. The van der Waals surface area contributed by atoms with Crippen LogP contribution in [0.3, 0.4) is 0 Å². The average molecular weight is 297 g/mol. The van der Waals surface area contributed by atoms with Gasteiger partial charge in [0.15, 0.2) is 0 Å². The minimum absolute atomic E-state index is 0.101. The van der Waals surface area contributed by atoms with E-state index in [1.165, 1.54) is 0 Å². The molecule has 1 N–H and O–H groups in total. The summed E-state index contributed by atoms with van der Waals surface area (Å²) in [6.07, 6.45) is -0.264. The zero-order chi connectivity index (χ0) is 12.4. The molecule has 17 heavy (non-hydrogen) atoms. The number of halogens is 1. The van der Waals surface area contributed by atoms with Crippen molar-refractivity contribution in [2.45, 2.75) is 13.3 Å². The normalized spacial score (nSPS) is 10.5. The van der Waals surface area contributed by atoms with Crippen LogP contribution >= 0.6 is 15.9 Å². The van der Waals surface area contributed by atoms with E-state index < -0.39 is 5.97 Å². The molecule has 0 radical (unpaired) electrons. The molecular formula is C11H9BrN2O3. The number of benzene rings is 1. The molecule has 2 aromatic rings. The van der Waals surface area contributed by atoms with Crippen molar-refractivity contribution in [1.29, 1.82) is 0 Å². The van der Waals surface area contributed by atoms with E-state index in [1.54, 1.807) is 0 Å². The number of rotatable bonds is 3. The van der Waals surface area contributed by atoms with E-state index in [0.29, 0.717) is 5.82 Å². The lowest BCUT2D eigenvalue weighted by Gasteiger charge is -1.99. The Bertz CT molecular complexity index is 566. The van der Waals surface area contributed by atoms with Crippen LogP contribution in [-0.4, -0.2) is 21.2 Å². The molecule has 6 heteroatoms. The minimum Gasteiger partial charge on any atom is -0.481 e. The number of hydrogen-bond donors (Lipinski definition) is 1. The summed E-state index contributed by atoms with van der Waals surface area (Å²) in [4.78, 5) is 14.5. The average Bonchev–Trinajstić information content (AvgIpc) is 2.69. The van der Waals surface area contributed by atoms with Crippen molar-refractivity contribution in [3.05, 3.63) is 34.1 Å². The fraction of sp³-hybridized carbons (Fsp3) is 0.182. The highest BCUT2D eigenvalue weighted by molar-refractivity contribution is 9.10. The number of aromatic nitrogens is 2. The largest absolute Gasteiger partial charge is 0.481 e. The Hall–Kier alpha value is -1.69. The van der Waals surface area contributed by atoms with E-state index >= 15 is 0 Å². The molecule has 88 valence electrons. The van der Waals surface area contributed by atoms with Gasteiger partial charge in [-0.3, -0.25) is 4.79 Å². The lowest BCUT2D eigenvalue weighted by molar-refractivity contribution is -0.136. The SMILES string of the molecule is Cc1ccc(-c2noc(CC(=O)O)n2)cc1Br. The van der Waals surface area contributed by atoms with Gasteiger partial charge in [-0.2, -0.15) is 4.98 Å². The van der Waals surface area contributed by atoms with Crippen LogP contribution in [0.25, 0.3) is 11.4 Å². The van der Waals surface area contributed by atoms with Gasteiger partial charge in [0.25, 0.3) is 0 Å². The van der Waals surface area contributed by atoms with Crippen molar-refractivity contribution in [1.82, 2.24) is 10.1 Å². The van der Waals surface area contributed by atoms with Crippen LogP contribution in [0.1, 0.15) is 11.5 Å². The van der Waals surface area contributed by atoms with Crippen LogP contribution in [0, 0.1) is 6.92 Å². The van der Waals surface area contributed by atoms with Crippen molar-refractivity contribution in [2.75, 3.05) is 0 Å². The van der Waals surface area contributed by atoms with Gasteiger partial charge in [-0.1, -0.05) is 33.2 Å². The zero-order valence-electron chi connectivity index (χ0n) is 8.98. The molecule has 0 aliphatic carbocycles. The van der Waals surface area contributed by atoms with Crippen molar-refractivity contribution in [3.63, 3.8) is 0 Å². The van der Waals surface area contributed by atoms with E-state index in [0.717, 1.165) is 15.6 Å². The van der Waals surface area contributed by atoms with E-state index in [4.69, 9.17) is 9.63 Å². The van der Waals surface area contributed by atoms with E-state index in [-0.39, 0.29) is 12.3 Å². The summed E-state index contributed by atoms with van der Waals surface area (Å²) in [5.74, 6) is -0.503. The second-order valence-electron chi connectivity index (χ2n) is 3.55. The molecule has 0 atom stereocenters. The third kappa shape index (κ3) is 2.71. The Kier molecular flexibility index (Phi) is 3.23. The maximum Gasteiger partial charge on any atom is 0.312 e. The lowest BCUT2D eigenvalue weighted by Crippen LogP contribution is -1.99. The van der Waals surface area contributed by atoms with Crippen LogP contribution in [0.4, 0.5) is 0 Å². The fourth-order valence-corrected chi connectivity index (χ4v) is 1.68. The van der Waals surface area contributed by atoms with Gasteiger partial charge in [0.2, 0.25) is 11.7 Å². The first-order chi connectivity index (χ1) is 8.06. The van der Waals surface area contributed by atoms with E-state index in [9.17, 15) is 4.79 Å². The Morgan fingerprint density at radius 3 is 2.94 bits per heavy atom. The molecule has 0 aliphatic rings. The van der Waals surface area contributed by atoms with Gasteiger partial charge in [-0.25, -0.2) is 0 Å². The molecule has 0 amide bonds. The van der Waals surface area contributed by atoms with Gasteiger partial charge in [-0.05, 0) is 18.6 Å². The van der Waals surface area contributed by atoms with Crippen molar-refractivity contribution < 1.29 is 14.4 Å². The number of aliphatic carboxylic acids is 1. The van der Waals surface area contributed by atoms with Gasteiger partial charge in [-0.15, -0.1) is 0 Å². The Morgan fingerprint density at radius 2 is 2.29 bits per heavy atom. The standard InChI is InChI=1S/C11H9BrN2O3/c1-6-2-3-7(4-8(6)12)11-13-9(17-14-11)5-10(15)16/h2-4H,5H2,1H3,(H,15,16). The van der Waals surface area contributed by atoms with Crippen LogP contribution in [0.15, 0.2) is 27.2 Å². The van der Waals surface area contributed by atoms with Gasteiger partial charge >= 0.3 is 5.97 Å². The Balaban J connectivity index is 2.30. The van der Waals surface area contributed by atoms with Gasteiger partial charge in [0.1, 0.15) is 6.42 Å². The smallest absolute Gasteiger partial charge is 0.312 e. The Morgan fingerprint density at radius 1 is 1.53 bits per heavy atom. The van der Waals surface area contributed by atoms with E-state index in [2.05, 4.69) is 26.1 Å². The molecular weight excluding hydrogens is 288 g/mol. The summed E-state index contributed by atoms with van der Waals surface area (Å²) < 4.78 is 5.79. The second-order valence-corrected chi connectivity index (χ2v) is 4.40. The highest BCUT2D eigenvalue weighted by atomic mass is 79.9. The van der Waals surface area contributed by atoms with Gasteiger partial charge < -0.3 is 9.63 Å². The minimum atomic E-state index is -0.995. The summed E-state index contributed by atoms with van der Waals surface area (Å²) in [5.41, 5.74) is 1.88. The number of carboxylic acids is 1. The summed E-state index contributed by atoms with van der Waals surface area (Å²) in [7, 11) is 0. The lowest BCUT2D eigenvalue weighted by atomic mass is 10.1. The van der Waals surface area contributed by atoms with Gasteiger partial charge in [0.05, 0.1) is 0 Å². The molecule has 1 aromatic carbocycles. The summed E-state index contributed by atoms with van der Waals surface area (Å²) in [5, 5.41) is 12.3. The molecule has 0 unspecified atom stereocenters. The van der Waals surface area contributed by atoms with Crippen molar-refractivity contribution in [3.8, 4) is 11.4 Å². The fourth-order valence-electron chi connectivity index (χ4n) is 1.31. The third-order valence-corrected chi connectivity index (χ3v) is 3.05.